The van der Waals surface area contributed by atoms with E-state index in [4.69, 9.17) is 14.9 Å². The Hall–Kier alpha value is -3.94. The van der Waals surface area contributed by atoms with E-state index in [0.717, 1.165) is 0 Å². The molecule has 0 fully saturated rings. The van der Waals surface area contributed by atoms with Crippen molar-refractivity contribution in [2.45, 2.75) is 6.61 Å². The van der Waals surface area contributed by atoms with Gasteiger partial charge < -0.3 is 14.9 Å². The number of rotatable bonds is 5. The number of hydrogen-bond donors (Lipinski definition) is 1. The molecule has 7 nitrogen and oxygen atoms in total. The van der Waals surface area contributed by atoms with E-state index in [-0.39, 0.29) is 23.9 Å². The predicted octanol–water partition coefficient (Wildman–Crippen LogP) is 4.70. The summed E-state index contributed by atoms with van der Waals surface area (Å²) in [6, 6.07) is 11.9. The van der Waals surface area contributed by atoms with Crippen LogP contribution in [0.25, 0.3) is 22.1 Å². The lowest BCUT2D eigenvalue weighted by molar-refractivity contribution is -0.385. The fourth-order valence-electron chi connectivity index (χ4n) is 2.91. The Morgan fingerprint density at radius 2 is 1.96 bits per heavy atom. The van der Waals surface area contributed by atoms with Crippen molar-refractivity contribution < 1.29 is 18.5 Å². The van der Waals surface area contributed by atoms with Crippen molar-refractivity contribution in [2.24, 2.45) is 0 Å². The Balaban J connectivity index is 1.72. The van der Waals surface area contributed by atoms with Crippen LogP contribution in [0.15, 0.2) is 65.4 Å². The third kappa shape index (κ3) is 3.23. The number of halogens is 1. The highest BCUT2D eigenvalue weighted by molar-refractivity contribution is 6.00. The van der Waals surface area contributed by atoms with Gasteiger partial charge in [0.05, 0.1) is 16.6 Å². The van der Waals surface area contributed by atoms with Crippen molar-refractivity contribution in [3.63, 3.8) is 0 Å². The van der Waals surface area contributed by atoms with E-state index in [0.29, 0.717) is 33.5 Å². The fourth-order valence-corrected chi connectivity index (χ4v) is 2.91. The van der Waals surface area contributed by atoms with Crippen molar-refractivity contribution in [3.05, 3.63) is 82.5 Å². The molecule has 0 aliphatic heterocycles. The maximum Gasteiger partial charge on any atom is 0.310 e. The standard InChI is InChI=1S/C20H14FN3O4/c21-14-4-1-12(2-5-14)10-27-18-9-13(3-6-16(18)24(25)26)15-11-28-17-7-8-23-20(22)19(15)17/h1-9,11H,10H2,(H2,22,23). The highest BCUT2D eigenvalue weighted by atomic mass is 19.1. The quantitative estimate of drug-likeness (QED) is 0.398. The molecule has 2 N–H and O–H groups in total. The molecule has 0 aliphatic rings. The van der Waals surface area contributed by atoms with Gasteiger partial charge in [-0.25, -0.2) is 9.37 Å². The number of pyridine rings is 1. The highest BCUT2D eigenvalue weighted by Crippen LogP contribution is 2.38. The molecule has 4 rings (SSSR count). The van der Waals surface area contributed by atoms with Gasteiger partial charge in [-0.1, -0.05) is 12.1 Å². The lowest BCUT2D eigenvalue weighted by Crippen LogP contribution is -1.99. The van der Waals surface area contributed by atoms with Gasteiger partial charge in [0.2, 0.25) is 0 Å². The van der Waals surface area contributed by atoms with Gasteiger partial charge in [-0.2, -0.15) is 0 Å². The minimum atomic E-state index is -0.521. The maximum absolute atomic E-state index is 13.0. The van der Waals surface area contributed by atoms with Crippen LogP contribution in [0.4, 0.5) is 15.9 Å². The largest absolute Gasteiger partial charge is 0.482 e. The van der Waals surface area contributed by atoms with Crippen LogP contribution in [0.3, 0.4) is 0 Å². The molecular formula is C20H14FN3O4. The van der Waals surface area contributed by atoms with Gasteiger partial charge in [-0.3, -0.25) is 10.1 Å². The Morgan fingerprint density at radius 1 is 1.18 bits per heavy atom. The van der Waals surface area contributed by atoms with Crippen LogP contribution in [0.1, 0.15) is 5.56 Å². The van der Waals surface area contributed by atoms with Gasteiger partial charge in [-0.05, 0) is 41.5 Å². The molecule has 140 valence electrons. The molecule has 0 spiro atoms. The number of furan rings is 1. The van der Waals surface area contributed by atoms with Crippen LogP contribution in [-0.4, -0.2) is 9.91 Å². The molecule has 0 unspecified atom stereocenters. The monoisotopic (exact) mass is 379 g/mol. The minimum absolute atomic E-state index is 0.0560. The topological polar surface area (TPSA) is 104 Å². The van der Waals surface area contributed by atoms with Crippen LogP contribution in [-0.2, 0) is 6.61 Å². The second-order valence-electron chi connectivity index (χ2n) is 6.07. The van der Waals surface area contributed by atoms with Crippen LogP contribution in [0.5, 0.6) is 5.75 Å². The molecular weight excluding hydrogens is 365 g/mol. The number of nitro groups is 1. The van der Waals surface area contributed by atoms with E-state index in [1.165, 1.54) is 30.7 Å². The number of nitrogens with zero attached hydrogens (tertiary/aromatic N) is 2. The maximum atomic E-state index is 13.0. The van der Waals surface area contributed by atoms with Crippen LogP contribution in [0.2, 0.25) is 0 Å². The van der Waals surface area contributed by atoms with E-state index in [9.17, 15) is 14.5 Å². The van der Waals surface area contributed by atoms with E-state index in [2.05, 4.69) is 4.98 Å². The van der Waals surface area contributed by atoms with Gasteiger partial charge in [0.15, 0.2) is 5.75 Å². The summed E-state index contributed by atoms with van der Waals surface area (Å²) in [6.07, 6.45) is 3.06. The first-order valence-electron chi connectivity index (χ1n) is 8.30. The summed E-state index contributed by atoms with van der Waals surface area (Å²) in [5.41, 5.74) is 8.32. The third-order valence-corrected chi connectivity index (χ3v) is 4.29. The molecule has 2 heterocycles. The smallest absolute Gasteiger partial charge is 0.310 e. The van der Waals surface area contributed by atoms with E-state index >= 15 is 0 Å². The fraction of sp³-hybridized carbons (Fsp3) is 0.0500. The Bertz CT molecular complexity index is 1170. The number of hydrogen-bond acceptors (Lipinski definition) is 6. The minimum Gasteiger partial charge on any atom is -0.482 e. The number of nitrogens with two attached hydrogens (primary N) is 1. The summed E-state index contributed by atoms with van der Waals surface area (Å²) in [5, 5.41) is 12.0. The molecule has 0 saturated heterocycles. The molecule has 0 saturated carbocycles. The summed E-state index contributed by atoms with van der Waals surface area (Å²) in [6.45, 7) is 0.0560. The van der Waals surface area contributed by atoms with E-state index in [1.54, 1.807) is 30.3 Å². The second kappa shape index (κ2) is 6.99. The van der Waals surface area contributed by atoms with Crippen LogP contribution < -0.4 is 10.5 Å². The zero-order valence-electron chi connectivity index (χ0n) is 14.5. The SMILES string of the molecule is Nc1nccc2occ(-c3ccc([N+](=O)[O-])c(OCc4ccc(F)cc4)c3)c12. The third-order valence-electron chi connectivity index (χ3n) is 4.29. The van der Waals surface area contributed by atoms with Gasteiger partial charge in [0, 0.05) is 17.8 Å². The van der Waals surface area contributed by atoms with E-state index < -0.39 is 4.92 Å². The molecule has 8 heteroatoms. The Kier molecular flexibility index (Phi) is 4.36. The summed E-state index contributed by atoms with van der Waals surface area (Å²) < 4.78 is 24.2. The normalized spacial score (nSPS) is 10.9. The summed E-state index contributed by atoms with van der Waals surface area (Å²) in [7, 11) is 0. The molecule has 0 atom stereocenters. The number of anilines is 1. The number of fused-ring (bicyclic) bond motifs is 1. The van der Waals surface area contributed by atoms with Crippen LogP contribution >= 0.6 is 0 Å². The van der Waals surface area contributed by atoms with Gasteiger partial charge in [0.1, 0.15) is 23.8 Å². The first-order valence-corrected chi connectivity index (χ1v) is 8.30. The number of benzene rings is 2. The zero-order valence-corrected chi connectivity index (χ0v) is 14.5. The predicted molar refractivity (Wildman–Crippen MR) is 101 cm³/mol. The van der Waals surface area contributed by atoms with E-state index in [1.807, 2.05) is 0 Å². The molecule has 0 radical (unpaired) electrons. The molecule has 2 aromatic heterocycles. The average Bonchev–Trinajstić information content (AvgIpc) is 3.13. The molecule has 28 heavy (non-hydrogen) atoms. The van der Waals surface area contributed by atoms with Crippen molar-refractivity contribution >= 4 is 22.5 Å². The zero-order chi connectivity index (χ0) is 19.7. The lowest BCUT2D eigenvalue weighted by Gasteiger charge is -2.09. The molecule has 0 aliphatic carbocycles. The van der Waals surface area contributed by atoms with Gasteiger partial charge in [-0.15, -0.1) is 0 Å². The number of nitrogen functional groups attached to an aromatic ring is 1. The Morgan fingerprint density at radius 3 is 2.71 bits per heavy atom. The number of nitro benzene ring substituents is 1. The molecule has 2 aromatic carbocycles. The van der Waals surface area contributed by atoms with Crippen LogP contribution in [0, 0.1) is 15.9 Å². The highest BCUT2D eigenvalue weighted by Gasteiger charge is 2.19. The molecule has 4 aromatic rings. The second-order valence-corrected chi connectivity index (χ2v) is 6.07. The lowest BCUT2D eigenvalue weighted by atomic mass is 10.0. The summed E-state index contributed by atoms with van der Waals surface area (Å²) in [5.74, 6) is 0.0202. The average molecular weight is 379 g/mol. The van der Waals surface area contributed by atoms with Gasteiger partial charge in [0.25, 0.3) is 0 Å². The number of ether oxygens (including phenoxy) is 1. The first-order chi connectivity index (χ1) is 13.5. The van der Waals surface area contributed by atoms with Crippen molar-refractivity contribution in [1.82, 2.24) is 4.98 Å². The number of aromatic nitrogens is 1. The Labute approximate surface area is 158 Å². The van der Waals surface area contributed by atoms with Crippen molar-refractivity contribution in [1.29, 1.82) is 0 Å². The van der Waals surface area contributed by atoms with Crippen molar-refractivity contribution in [2.75, 3.05) is 5.73 Å². The van der Waals surface area contributed by atoms with Gasteiger partial charge >= 0.3 is 5.69 Å². The summed E-state index contributed by atoms with van der Waals surface area (Å²) >= 11 is 0. The first kappa shape index (κ1) is 17.5. The van der Waals surface area contributed by atoms with Crippen molar-refractivity contribution in [3.8, 4) is 16.9 Å². The molecule has 0 amide bonds. The molecule has 0 bridgehead atoms. The summed E-state index contributed by atoms with van der Waals surface area (Å²) in [4.78, 5) is 14.9.